The minimum absolute atomic E-state index is 0.0477. The Bertz CT molecular complexity index is 829. The van der Waals surface area contributed by atoms with Gasteiger partial charge in [-0.15, -0.1) is 0 Å². The molecular formula is C21H23NO4. The molecule has 0 aliphatic carbocycles. The van der Waals surface area contributed by atoms with Crippen LogP contribution in [0, 0.1) is 6.92 Å². The van der Waals surface area contributed by atoms with E-state index in [1.54, 1.807) is 13.2 Å². The lowest BCUT2D eigenvalue weighted by Gasteiger charge is -2.18. The van der Waals surface area contributed by atoms with Crippen LogP contribution in [0.4, 0.5) is 0 Å². The van der Waals surface area contributed by atoms with E-state index in [-0.39, 0.29) is 18.7 Å². The predicted octanol–water partition coefficient (Wildman–Crippen LogP) is 4.01. The summed E-state index contributed by atoms with van der Waals surface area (Å²) in [6.45, 7) is 4.28. The topological polar surface area (TPSA) is 56.8 Å². The summed E-state index contributed by atoms with van der Waals surface area (Å²) in [6.07, 6.45) is 4.11. The van der Waals surface area contributed by atoms with Crippen LogP contribution in [0.1, 0.15) is 36.1 Å². The maximum atomic E-state index is 12.3. The number of ether oxygens (including phenoxy) is 3. The number of hydrogen-bond acceptors (Lipinski definition) is 4. The minimum atomic E-state index is -0.136. The van der Waals surface area contributed by atoms with Gasteiger partial charge in [-0.1, -0.05) is 25.1 Å². The van der Waals surface area contributed by atoms with Gasteiger partial charge in [-0.2, -0.15) is 0 Å². The summed E-state index contributed by atoms with van der Waals surface area (Å²) < 4.78 is 15.9. The Labute approximate surface area is 153 Å². The van der Waals surface area contributed by atoms with Gasteiger partial charge in [-0.25, -0.2) is 0 Å². The zero-order valence-electron chi connectivity index (χ0n) is 15.2. The van der Waals surface area contributed by atoms with E-state index in [1.165, 1.54) is 6.08 Å². The summed E-state index contributed by atoms with van der Waals surface area (Å²) in [5, 5.41) is 3.05. The highest BCUT2D eigenvalue weighted by Gasteiger charge is 2.14. The fraction of sp³-hybridized carbons (Fsp3) is 0.286. The number of fused-ring (bicyclic) bond motifs is 1. The van der Waals surface area contributed by atoms with Crippen molar-refractivity contribution in [2.45, 2.75) is 26.3 Å². The van der Waals surface area contributed by atoms with Gasteiger partial charge in [0.15, 0.2) is 11.5 Å². The van der Waals surface area contributed by atoms with Crippen molar-refractivity contribution < 1.29 is 19.0 Å². The van der Waals surface area contributed by atoms with Gasteiger partial charge in [0.1, 0.15) is 5.75 Å². The van der Waals surface area contributed by atoms with Crippen molar-refractivity contribution in [3.05, 3.63) is 59.2 Å². The number of rotatable bonds is 6. The van der Waals surface area contributed by atoms with Crippen molar-refractivity contribution in [3.8, 4) is 17.2 Å². The van der Waals surface area contributed by atoms with Crippen LogP contribution in [-0.4, -0.2) is 19.8 Å². The fourth-order valence-electron chi connectivity index (χ4n) is 2.95. The molecule has 0 spiro atoms. The Morgan fingerprint density at radius 1 is 1.23 bits per heavy atom. The lowest BCUT2D eigenvalue weighted by Crippen LogP contribution is -2.26. The second kappa shape index (κ2) is 7.95. The molecule has 0 bridgehead atoms. The van der Waals surface area contributed by atoms with Crippen LogP contribution < -0.4 is 19.5 Å². The van der Waals surface area contributed by atoms with E-state index in [9.17, 15) is 4.79 Å². The second-order valence-electron chi connectivity index (χ2n) is 6.14. The number of carbonyl (C=O) groups excluding carboxylic acids is 1. The smallest absolute Gasteiger partial charge is 0.244 e. The summed E-state index contributed by atoms with van der Waals surface area (Å²) in [6, 6.07) is 11.5. The van der Waals surface area contributed by atoms with Gasteiger partial charge in [-0.05, 0) is 54.3 Å². The lowest BCUT2D eigenvalue weighted by atomic mass is 10.0. The molecule has 3 rings (SSSR count). The average Bonchev–Trinajstić information content (AvgIpc) is 3.12. The standard InChI is InChI=1S/C21H23NO4/c1-4-17(16-7-9-18(24-3)14(2)11-16)22-21(23)10-6-15-5-8-19-20(12-15)26-13-25-19/h5-12,17H,4,13H2,1-3H3,(H,22,23)/b10-6+/t17-/m0/s1. The monoisotopic (exact) mass is 353 g/mol. The molecule has 1 aliphatic heterocycles. The van der Waals surface area contributed by atoms with Gasteiger partial charge in [0, 0.05) is 6.08 Å². The summed E-state index contributed by atoms with van der Waals surface area (Å²) in [4.78, 5) is 12.3. The number of amides is 1. The molecule has 1 aliphatic rings. The van der Waals surface area contributed by atoms with Gasteiger partial charge in [0.2, 0.25) is 12.7 Å². The lowest BCUT2D eigenvalue weighted by molar-refractivity contribution is -0.117. The summed E-state index contributed by atoms with van der Waals surface area (Å²) >= 11 is 0. The van der Waals surface area contributed by atoms with E-state index in [0.717, 1.165) is 34.6 Å². The Hall–Kier alpha value is -2.95. The van der Waals surface area contributed by atoms with Crippen LogP contribution in [-0.2, 0) is 4.79 Å². The van der Waals surface area contributed by atoms with Crippen LogP contribution in [0.2, 0.25) is 0 Å². The fourth-order valence-corrected chi connectivity index (χ4v) is 2.95. The van der Waals surface area contributed by atoms with E-state index in [1.807, 2.05) is 44.2 Å². The van der Waals surface area contributed by atoms with Crippen LogP contribution in [0.5, 0.6) is 17.2 Å². The van der Waals surface area contributed by atoms with E-state index in [2.05, 4.69) is 11.4 Å². The Kier molecular flexibility index (Phi) is 5.46. The maximum Gasteiger partial charge on any atom is 0.244 e. The average molecular weight is 353 g/mol. The van der Waals surface area contributed by atoms with Crippen molar-refractivity contribution >= 4 is 12.0 Å². The molecule has 26 heavy (non-hydrogen) atoms. The SMILES string of the molecule is CC[C@H](NC(=O)/C=C/c1ccc2c(c1)OCO2)c1ccc(OC)c(C)c1. The zero-order chi connectivity index (χ0) is 18.5. The van der Waals surface area contributed by atoms with Gasteiger partial charge >= 0.3 is 0 Å². The molecule has 0 saturated heterocycles. The molecule has 136 valence electrons. The third kappa shape index (κ3) is 3.99. The van der Waals surface area contributed by atoms with E-state index in [4.69, 9.17) is 14.2 Å². The number of nitrogens with one attached hydrogen (secondary N) is 1. The molecule has 2 aromatic rings. The van der Waals surface area contributed by atoms with E-state index < -0.39 is 0 Å². The van der Waals surface area contributed by atoms with Gasteiger partial charge in [0.05, 0.1) is 13.2 Å². The second-order valence-corrected chi connectivity index (χ2v) is 6.14. The van der Waals surface area contributed by atoms with Crippen LogP contribution in [0.15, 0.2) is 42.5 Å². The first kappa shape index (κ1) is 17.9. The molecule has 0 aromatic heterocycles. The summed E-state index contributed by atoms with van der Waals surface area (Å²) in [7, 11) is 1.65. The number of hydrogen-bond donors (Lipinski definition) is 1. The third-order valence-corrected chi connectivity index (χ3v) is 4.37. The number of methoxy groups -OCH3 is 1. The first-order chi connectivity index (χ1) is 12.6. The van der Waals surface area contributed by atoms with E-state index in [0.29, 0.717) is 5.75 Å². The Morgan fingerprint density at radius 2 is 2.04 bits per heavy atom. The first-order valence-electron chi connectivity index (χ1n) is 8.63. The molecule has 1 heterocycles. The van der Waals surface area contributed by atoms with Crippen molar-refractivity contribution in [2.75, 3.05) is 13.9 Å². The highest BCUT2D eigenvalue weighted by atomic mass is 16.7. The van der Waals surface area contributed by atoms with Gasteiger partial charge in [-0.3, -0.25) is 4.79 Å². The highest BCUT2D eigenvalue weighted by molar-refractivity contribution is 5.92. The highest BCUT2D eigenvalue weighted by Crippen LogP contribution is 2.32. The van der Waals surface area contributed by atoms with Gasteiger partial charge < -0.3 is 19.5 Å². The van der Waals surface area contributed by atoms with Gasteiger partial charge in [0.25, 0.3) is 0 Å². The van der Waals surface area contributed by atoms with Crippen LogP contribution in [0.25, 0.3) is 6.08 Å². The Balaban J connectivity index is 1.66. The zero-order valence-corrected chi connectivity index (χ0v) is 15.2. The molecule has 2 aromatic carbocycles. The van der Waals surface area contributed by atoms with Crippen molar-refractivity contribution in [2.24, 2.45) is 0 Å². The third-order valence-electron chi connectivity index (χ3n) is 4.37. The van der Waals surface area contributed by atoms with Crippen molar-refractivity contribution in [1.82, 2.24) is 5.32 Å². The number of carbonyl (C=O) groups is 1. The van der Waals surface area contributed by atoms with Crippen molar-refractivity contribution in [3.63, 3.8) is 0 Å². The molecule has 0 radical (unpaired) electrons. The predicted molar refractivity (Wildman–Crippen MR) is 101 cm³/mol. The first-order valence-corrected chi connectivity index (χ1v) is 8.63. The Morgan fingerprint density at radius 3 is 2.77 bits per heavy atom. The molecule has 0 unspecified atom stereocenters. The van der Waals surface area contributed by atoms with E-state index >= 15 is 0 Å². The normalized spacial score (nSPS) is 13.7. The largest absolute Gasteiger partial charge is 0.496 e. The van der Waals surface area contributed by atoms with Crippen molar-refractivity contribution in [1.29, 1.82) is 0 Å². The molecule has 1 N–H and O–H groups in total. The quantitative estimate of drug-likeness (QED) is 0.797. The molecular weight excluding hydrogens is 330 g/mol. The minimum Gasteiger partial charge on any atom is -0.496 e. The summed E-state index contributed by atoms with van der Waals surface area (Å²) in [5.74, 6) is 2.14. The molecule has 0 saturated carbocycles. The number of benzene rings is 2. The van der Waals surface area contributed by atoms with Crippen LogP contribution >= 0.6 is 0 Å². The molecule has 1 atom stereocenters. The molecule has 5 nitrogen and oxygen atoms in total. The molecule has 0 fully saturated rings. The molecule has 5 heteroatoms. The maximum absolute atomic E-state index is 12.3. The number of aryl methyl sites for hydroxylation is 1. The van der Waals surface area contributed by atoms with Crippen LogP contribution in [0.3, 0.4) is 0 Å². The summed E-state index contributed by atoms with van der Waals surface area (Å²) in [5.41, 5.74) is 3.00. The molecule has 1 amide bonds.